The predicted molar refractivity (Wildman–Crippen MR) is 38.4 cm³/mol. The van der Waals surface area contributed by atoms with Gasteiger partial charge in [-0.3, -0.25) is 9.59 Å². The van der Waals surface area contributed by atoms with Crippen molar-refractivity contribution in [2.75, 3.05) is 13.2 Å². The van der Waals surface area contributed by atoms with E-state index in [1.54, 1.807) is 0 Å². The summed E-state index contributed by atoms with van der Waals surface area (Å²) in [6, 6.07) is 0. The van der Waals surface area contributed by atoms with Crippen LogP contribution in [0.1, 0.15) is 19.8 Å². The molecule has 0 unspecified atom stereocenters. The lowest BCUT2D eigenvalue weighted by Crippen LogP contribution is -2.05. The number of aliphatic carboxylic acids is 1. The molecule has 0 saturated heterocycles. The summed E-state index contributed by atoms with van der Waals surface area (Å²) in [5.74, 6) is -0.826. The first kappa shape index (κ1) is 10.1. The third-order valence-electron chi connectivity index (χ3n) is 1.06. The van der Waals surface area contributed by atoms with E-state index in [0.29, 0.717) is 13.0 Å². The van der Waals surface area contributed by atoms with Crippen molar-refractivity contribution in [1.82, 2.24) is 0 Å². The molecule has 0 aliphatic rings. The van der Waals surface area contributed by atoms with E-state index in [1.807, 2.05) is 0 Å². The molecule has 0 aromatic carbocycles. The van der Waals surface area contributed by atoms with Crippen LogP contribution >= 0.6 is 0 Å². The van der Waals surface area contributed by atoms with Gasteiger partial charge in [0.15, 0.2) is 0 Å². The van der Waals surface area contributed by atoms with Crippen LogP contribution in [0, 0.1) is 0 Å². The molecule has 0 fully saturated rings. The van der Waals surface area contributed by atoms with Crippen molar-refractivity contribution in [2.24, 2.45) is 0 Å². The molecule has 0 atom stereocenters. The molecule has 11 heavy (non-hydrogen) atoms. The van der Waals surface area contributed by atoms with Crippen LogP contribution in [-0.4, -0.2) is 30.1 Å². The van der Waals surface area contributed by atoms with Crippen molar-refractivity contribution in [1.29, 1.82) is 0 Å². The van der Waals surface area contributed by atoms with Crippen LogP contribution < -0.4 is 0 Å². The Morgan fingerprint density at radius 3 is 2.27 bits per heavy atom. The average Bonchev–Trinajstić information content (AvgIpc) is 1.85. The van der Waals surface area contributed by atoms with Gasteiger partial charge in [-0.05, 0) is 6.92 Å². The molecular weight excluding hydrogens is 148 g/mol. The number of carboxylic acid groups (broad SMARTS) is 1. The van der Waals surface area contributed by atoms with Crippen LogP contribution in [0.25, 0.3) is 0 Å². The van der Waals surface area contributed by atoms with E-state index >= 15 is 0 Å². The van der Waals surface area contributed by atoms with Crippen LogP contribution in [0.3, 0.4) is 0 Å². The zero-order valence-electron chi connectivity index (χ0n) is 6.50. The molecule has 0 saturated carbocycles. The van der Waals surface area contributed by atoms with Gasteiger partial charge >= 0.3 is 5.97 Å². The maximum absolute atomic E-state index is 10.3. The Labute approximate surface area is 65.2 Å². The number of ether oxygens (including phenoxy) is 1. The highest BCUT2D eigenvalue weighted by Gasteiger charge is 1.96. The summed E-state index contributed by atoms with van der Waals surface area (Å²) in [6.45, 7) is 1.98. The van der Waals surface area contributed by atoms with E-state index in [1.165, 1.54) is 6.92 Å². The lowest BCUT2D eigenvalue weighted by atomic mass is 10.3. The van der Waals surface area contributed by atoms with Gasteiger partial charge in [-0.25, -0.2) is 0 Å². The molecule has 0 amide bonds. The first-order valence-corrected chi connectivity index (χ1v) is 3.42. The van der Waals surface area contributed by atoms with Crippen LogP contribution in [-0.2, 0) is 14.3 Å². The van der Waals surface area contributed by atoms with Gasteiger partial charge in [0.2, 0.25) is 0 Å². The Balaban J connectivity index is 3.03. The van der Waals surface area contributed by atoms with Gasteiger partial charge in [-0.2, -0.15) is 0 Å². The second-order valence-corrected chi connectivity index (χ2v) is 2.21. The first-order valence-electron chi connectivity index (χ1n) is 3.42. The standard InChI is InChI=1S/C7H12O4/c1-6(8)2-4-11-5-3-7(9)10/h2-5H2,1H3,(H,9,10). The summed E-state index contributed by atoms with van der Waals surface area (Å²) >= 11 is 0. The monoisotopic (exact) mass is 160 g/mol. The largest absolute Gasteiger partial charge is 0.481 e. The van der Waals surface area contributed by atoms with Gasteiger partial charge in [-0.15, -0.1) is 0 Å². The fraction of sp³-hybridized carbons (Fsp3) is 0.714. The fourth-order valence-electron chi connectivity index (χ4n) is 0.477. The van der Waals surface area contributed by atoms with E-state index in [0.717, 1.165) is 0 Å². The minimum Gasteiger partial charge on any atom is -0.481 e. The Bertz CT molecular complexity index is 125. The van der Waals surface area contributed by atoms with Gasteiger partial charge in [0, 0.05) is 6.42 Å². The van der Waals surface area contributed by atoms with E-state index in [4.69, 9.17) is 9.84 Å². The molecule has 1 N–H and O–H groups in total. The molecular formula is C7H12O4. The maximum atomic E-state index is 10.3. The molecule has 0 rings (SSSR count). The van der Waals surface area contributed by atoms with Gasteiger partial charge in [-0.1, -0.05) is 0 Å². The van der Waals surface area contributed by atoms with Crippen LogP contribution in [0.15, 0.2) is 0 Å². The molecule has 0 aliphatic carbocycles. The molecule has 4 nitrogen and oxygen atoms in total. The molecule has 64 valence electrons. The average molecular weight is 160 g/mol. The molecule has 0 aromatic rings. The second-order valence-electron chi connectivity index (χ2n) is 2.21. The number of rotatable bonds is 6. The summed E-state index contributed by atoms with van der Waals surface area (Å²) in [4.78, 5) is 20.3. The highest BCUT2D eigenvalue weighted by molar-refractivity contribution is 5.75. The van der Waals surface area contributed by atoms with Crippen molar-refractivity contribution in [2.45, 2.75) is 19.8 Å². The maximum Gasteiger partial charge on any atom is 0.305 e. The summed E-state index contributed by atoms with van der Waals surface area (Å²) in [7, 11) is 0. The SMILES string of the molecule is CC(=O)CCOCCC(=O)O. The van der Waals surface area contributed by atoms with Crippen LogP contribution in [0.4, 0.5) is 0 Å². The van der Waals surface area contributed by atoms with E-state index in [9.17, 15) is 9.59 Å². The highest BCUT2D eigenvalue weighted by Crippen LogP contribution is 1.86. The Kier molecular flexibility index (Phi) is 5.37. The third kappa shape index (κ3) is 9.10. The first-order chi connectivity index (χ1) is 5.13. The number of hydrogen-bond acceptors (Lipinski definition) is 3. The molecule has 0 radical (unpaired) electrons. The molecule has 0 aromatic heterocycles. The van der Waals surface area contributed by atoms with E-state index in [2.05, 4.69) is 0 Å². The Hall–Kier alpha value is -0.900. The Morgan fingerprint density at radius 1 is 1.27 bits per heavy atom. The lowest BCUT2D eigenvalue weighted by Gasteiger charge is -1.98. The normalized spacial score (nSPS) is 9.55. The highest BCUT2D eigenvalue weighted by atomic mass is 16.5. The van der Waals surface area contributed by atoms with Gasteiger partial charge in [0.1, 0.15) is 5.78 Å². The number of hydrogen-bond donors (Lipinski definition) is 1. The molecule has 0 bridgehead atoms. The molecule has 0 heterocycles. The minimum atomic E-state index is -0.882. The van der Waals surface area contributed by atoms with Gasteiger partial charge in [0.25, 0.3) is 0 Å². The predicted octanol–water partition coefficient (Wildman–Crippen LogP) is 0.457. The van der Waals surface area contributed by atoms with E-state index < -0.39 is 5.97 Å². The van der Waals surface area contributed by atoms with Crippen molar-refractivity contribution in [3.8, 4) is 0 Å². The van der Waals surface area contributed by atoms with Crippen LogP contribution in [0.5, 0.6) is 0 Å². The zero-order valence-corrected chi connectivity index (χ0v) is 6.50. The fourth-order valence-corrected chi connectivity index (χ4v) is 0.477. The van der Waals surface area contributed by atoms with E-state index in [-0.39, 0.29) is 18.8 Å². The summed E-state index contributed by atoms with van der Waals surface area (Å²) in [5.41, 5.74) is 0. The van der Waals surface area contributed by atoms with Crippen molar-refractivity contribution in [3.63, 3.8) is 0 Å². The summed E-state index contributed by atoms with van der Waals surface area (Å²) < 4.78 is 4.85. The Morgan fingerprint density at radius 2 is 1.82 bits per heavy atom. The topological polar surface area (TPSA) is 63.6 Å². The van der Waals surface area contributed by atoms with Crippen LogP contribution in [0.2, 0.25) is 0 Å². The second kappa shape index (κ2) is 5.85. The molecule has 0 spiro atoms. The molecule has 4 heteroatoms. The number of carboxylic acids is 1. The quantitative estimate of drug-likeness (QED) is 0.573. The summed E-state index contributed by atoms with van der Waals surface area (Å²) in [5, 5.41) is 8.18. The van der Waals surface area contributed by atoms with Gasteiger partial charge in [0.05, 0.1) is 19.6 Å². The molecule has 0 aliphatic heterocycles. The smallest absolute Gasteiger partial charge is 0.305 e. The number of ketones is 1. The number of carbonyl (C=O) groups excluding carboxylic acids is 1. The lowest BCUT2D eigenvalue weighted by molar-refractivity contribution is -0.138. The zero-order chi connectivity index (χ0) is 8.69. The number of carbonyl (C=O) groups is 2. The third-order valence-corrected chi connectivity index (χ3v) is 1.06. The van der Waals surface area contributed by atoms with Crippen molar-refractivity contribution in [3.05, 3.63) is 0 Å². The van der Waals surface area contributed by atoms with Crippen molar-refractivity contribution >= 4 is 11.8 Å². The van der Waals surface area contributed by atoms with Crippen molar-refractivity contribution < 1.29 is 19.4 Å². The van der Waals surface area contributed by atoms with Gasteiger partial charge < -0.3 is 9.84 Å². The minimum absolute atomic E-state index is 0.00208. The number of Topliss-reactive ketones (excluding diaryl/α,β-unsaturated/α-hetero) is 1. The summed E-state index contributed by atoms with van der Waals surface area (Å²) in [6.07, 6.45) is 0.359.